The van der Waals surface area contributed by atoms with Crippen LogP contribution in [0.15, 0.2) is 10.6 Å². The summed E-state index contributed by atoms with van der Waals surface area (Å²) in [6.45, 7) is 4.25. The van der Waals surface area contributed by atoms with Crippen molar-refractivity contribution in [1.29, 1.82) is 0 Å². The number of aliphatic carboxylic acids is 1. The van der Waals surface area contributed by atoms with Crippen LogP contribution in [0.5, 0.6) is 0 Å². The van der Waals surface area contributed by atoms with Crippen molar-refractivity contribution in [1.82, 2.24) is 9.80 Å². The number of fused-ring (bicyclic) bond motifs is 1. The fraction of sp³-hybridized carbons (Fsp3) is 0.737. The van der Waals surface area contributed by atoms with E-state index in [1.54, 1.807) is 25.9 Å². The highest BCUT2D eigenvalue weighted by molar-refractivity contribution is 8.03. The molecule has 28 heavy (non-hydrogen) atoms. The zero-order valence-corrected chi connectivity index (χ0v) is 18.1. The molecule has 0 aromatic heterocycles. The molecule has 0 aromatic carbocycles. The maximum atomic E-state index is 12.6. The van der Waals surface area contributed by atoms with Gasteiger partial charge in [-0.2, -0.15) is 0 Å². The second kappa shape index (κ2) is 7.03. The molecule has 8 nitrogen and oxygen atoms in total. The first kappa shape index (κ1) is 21.1. The van der Waals surface area contributed by atoms with Gasteiger partial charge in [-0.05, 0) is 6.92 Å². The number of likely N-dealkylation sites (N-methyl/N-ethyl adjacent to an activating group) is 2. The Bertz CT molecular complexity index is 748. The Balaban J connectivity index is 1.85. The van der Waals surface area contributed by atoms with Crippen LogP contribution in [0.2, 0.25) is 0 Å². The van der Waals surface area contributed by atoms with Crippen LogP contribution in [0.25, 0.3) is 0 Å². The molecule has 3 aliphatic rings. The second-order valence-corrected chi connectivity index (χ2v) is 10.3. The minimum Gasteiger partial charge on any atom is -0.477 e. The van der Waals surface area contributed by atoms with E-state index in [9.17, 15) is 24.6 Å². The molecule has 2 amide bonds. The predicted molar refractivity (Wildman–Crippen MR) is 105 cm³/mol. The summed E-state index contributed by atoms with van der Waals surface area (Å²) < 4.78 is 0.557. The zero-order valence-electron chi connectivity index (χ0n) is 17.2. The van der Waals surface area contributed by atoms with Crippen LogP contribution < -0.4 is 0 Å². The van der Waals surface area contributed by atoms with E-state index in [2.05, 4.69) is 0 Å². The van der Waals surface area contributed by atoms with E-state index in [1.807, 2.05) is 21.0 Å². The molecular formula is C19H30N3O5S+. The number of quaternary nitrogens is 1. The maximum absolute atomic E-state index is 12.6. The van der Waals surface area contributed by atoms with Gasteiger partial charge in [-0.15, -0.1) is 11.8 Å². The lowest BCUT2D eigenvalue weighted by Gasteiger charge is -2.46. The SMILES string of the molecule is C[C@@H](O)[C@H]1C(=O)N2C(C(=O)O)=C(S[C@H]3C[C@@H](C(=O)N(C)C)[N+](C)(C)C3)[C@H](C)[C@H]12. The molecule has 2 saturated heterocycles. The molecule has 156 valence electrons. The number of nitrogens with zero attached hydrogens (tertiary/aromatic N) is 3. The average molecular weight is 413 g/mol. The number of β-lactam (4-membered cyclic amide) rings is 1. The topological polar surface area (TPSA) is 98.1 Å². The molecular weight excluding hydrogens is 382 g/mol. The number of carboxylic acid groups (broad SMARTS) is 1. The maximum Gasteiger partial charge on any atom is 0.353 e. The van der Waals surface area contributed by atoms with Crippen molar-refractivity contribution in [3.63, 3.8) is 0 Å². The second-order valence-electron chi connectivity index (χ2n) is 8.96. The lowest BCUT2D eigenvalue weighted by Crippen LogP contribution is -2.63. The Labute approximate surface area is 169 Å². The third kappa shape index (κ3) is 3.13. The predicted octanol–water partition coefficient (Wildman–Crippen LogP) is 0.179. The number of thioether (sulfide) groups is 1. The molecule has 0 radical (unpaired) electrons. The van der Waals surface area contributed by atoms with E-state index < -0.39 is 18.0 Å². The number of likely N-dealkylation sites (tertiary alicyclic amines) is 1. The summed E-state index contributed by atoms with van der Waals surface area (Å²) in [6.07, 6.45) is -0.143. The van der Waals surface area contributed by atoms with Gasteiger partial charge in [0.05, 0.1) is 44.0 Å². The fourth-order valence-corrected chi connectivity index (χ4v) is 6.65. The molecule has 3 rings (SSSR count). The molecule has 0 aromatic rings. The third-order valence-electron chi connectivity index (χ3n) is 6.33. The Morgan fingerprint density at radius 3 is 2.43 bits per heavy atom. The Kier molecular flexibility index (Phi) is 5.31. The molecule has 3 aliphatic heterocycles. The van der Waals surface area contributed by atoms with Crippen LogP contribution in [0.3, 0.4) is 0 Å². The fourth-order valence-electron chi connectivity index (χ4n) is 4.90. The molecule has 0 saturated carbocycles. The van der Waals surface area contributed by atoms with Crippen molar-refractivity contribution in [3.8, 4) is 0 Å². The molecule has 3 heterocycles. The van der Waals surface area contributed by atoms with Gasteiger partial charge in [0.2, 0.25) is 5.91 Å². The number of aliphatic hydroxyl groups excluding tert-OH is 1. The van der Waals surface area contributed by atoms with Crippen LogP contribution in [0.4, 0.5) is 0 Å². The summed E-state index contributed by atoms with van der Waals surface area (Å²) in [4.78, 5) is 40.6. The molecule has 0 bridgehead atoms. The summed E-state index contributed by atoms with van der Waals surface area (Å²) in [6, 6.07) is -0.467. The van der Waals surface area contributed by atoms with Gasteiger partial charge >= 0.3 is 5.97 Å². The van der Waals surface area contributed by atoms with Crippen LogP contribution in [0, 0.1) is 11.8 Å². The van der Waals surface area contributed by atoms with E-state index in [1.165, 1.54) is 16.7 Å². The smallest absolute Gasteiger partial charge is 0.353 e. The van der Waals surface area contributed by atoms with Crippen molar-refractivity contribution in [2.24, 2.45) is 11.8 Å². The largest absolute Gasteiger partial charge is 0.477 e. The first-order valence-corrected chi connectivity index (χ1v) is 10.5. The molecule has 6 atom stereocenters. The quantitative estimate of drug-likeness (QED) is 0.494. The monoisotopic (exact) mass is 412 g/mol. The highest BCUT2D eigenvalue weighted by Gasteiger charge is 2.60. The minimum atomic E-state index is -1.11. The highest BCUT2D eigenvalue weighted by Crippen LogP contribution is 2.52. The van der Waals surface area contributed by atoms with Gasteiger partial charge in [0.1, 0.15) is 5.70 Å². The Morgan fingerprint density at radius 1 is 1.32 bits per heavy atom. The zero-order chi connectivity index (χ0) is 21.1. The first-order chi connectivity index (χ1) is 12.9. The number of carbonyl (C=O) groups excluding carboxylic acids is 2. The summed E-state index contributed by atoms with van der Waals surface area (Å²) >= 11 is 1.49. The van der Waals surface area contributed by atoms with E-state index in [-0.39, 0.29) is 40.8 Å². The van der Waals surface area contributed by atoms with E-state index in [0.29, 0.717) is 15.8 Å². The minimum absolute atomic E-state index is 0.0529. The third-order valence-corrected chi connectivity index (χ3v) is 7.83. The van der Waals surface area contributed by atoms with E-state index >= 15 is 0 Å². The van der Waals surface area contributed by atoms with Crippen molar-refractivity contribution >= 4 is 29.5 Å². The van der Waals surface area contributed by atoms with Gasteiger partial charge in [0, 0.05) is 31.3 Å². The number of aliphatic hydroxyl groups is 1. The number of hydrogen-bond donors (Lipinski definition) is 2. The lowest BCUT2D eigenvalue weighted by atomic mass is 9.79. The van der Waals surface area contributed by atoms with Gasteiger partial charge in [0.15, 0.2) is 6.04 Å². The van der Waals surface area contributed by atoms with Gasteiger partial charge < -0.3 is 24.5 Å². The number of amides is 2. The van der Waals surface area contributed by atoms with Gasteiger partial charge in [-0.3, -0.25) is 9.59 Å². The Morgan fingerprint density at radius 2 is 1.93 bits per heavy atom. The van der Waals surface area contributed by atoms with E-state index in [4.69, 9.17) is 0 Å². The number of carboxylic acids is 1. The summed E-state index contributed by atoms with van der Waals surface area (Å²) in [5.74, 6) is -2.05. The van der Waals surface area contributed by atoms with Crippen molar-refractivity contribution in [2.75, 3.05) is 34.7 Å². The summed E-state index contributed by atoms with van der Waals surface area (Å²) in [5.41, 5.74) is 0.0529. The first-order valence-electron chi connectivity index (χ1n) is 9.57. The molecule has 2 N–H and O–H groups in total. The van der Waals surface area contributed by atoms with Crippen molar-refractivity contribution < 1.29 is 29.1 Å². The molecule has 0 aliphatic carbocycles. The normalized spacial score (nSPS) is 34.9. The summed E-state index contributed by atoms with van der Waals surface area (Å²) in [7, 11) is 7.55. The molecule has 9 heteroatoms. The molecule has 0 spiro atoms. The highest BCUT2D eigenvalue weighted by atomic mass is 32.2. The van der Waals surface area contributed by atoms with Gasteiger partial charge in [0.25, 0.3) is 5.91 Å². The standard InChI is InChI=1S/C19H29N3O5S/c1-9-14-13(10(2)23)18(25)21(14)15(19(26)27)16(9)28-11-7-12(17(24)20(3)4)22(5,6)8-11/h9-14,23H,7-8H2,1-6H3/p+1/t9-,10-,11+,12+,13-,14-/m1/s1. The van der Waals surface area contributed by atoms with Crippen LogP contribution >= 0.6 is 11.8 Å². The number of hydrogen-bond acceptors (Lipinski definition) is 5. The van der Waals surface area contributed by atoms with Crippen LogP contribution in [-0.4, -0.2) is 100 Å². The van der Waals surface area contributed by atoms with Crippen LogP contribution in [-0.2, 0) is 14.4 Å². The number of rotatable bonds is 5. The van der Waals surface area contributed by atoms with Crippen molar-refractivity contribution in [3.05, 3.63) is 10.6 Å². The summed E-state index contributed by atoms with van der Waals surface area (Å²) in [5, 5.41) is 19.8. The lowest BCUT2D eigenvalue weighted by molar-refractivity contribution is -0.893. The molecule has 2 fully saturated rings. The Hall–Kier alpha value is -1.58. The van der Waals surface area contributed by atoms with Crippen LogP contribution in [0.1, 0.15) is 20.3 Å². The average Bonchev–Trinajstić information content (AvgIpc) is 2.99. The van der Waals surface area contributed by atoms with E-state index in [0.717, 1.165) is 6.54 Å². The number of carbonyl (C=O) groups is 3. The molecule has 0 unspecified atom stereocenters. The van der Waals surface area contributed by atoms with Crippen molar-refractivity contribution in [2.45, 2.75) is 43.7 Å². The van der Waals surface area contributed by atoms with Gasteiger partial charge in [-0.1, -0.05) is 6.92 Å². The van der Waals surface area contributed by atoms with Gasteiger partial charge in [-0.25, -0.2) is 4.79 Å².